The summed E-state index contributed by atoms with van der Waals surface area (Å²) in [7, 11) is 0. The number of esters is 2. The molecule has 1 N–H and O–H groups in total. The summed E-state index contributed by atoms with van der Waals surface area (Å²) in [5, 5.41) is 9.96. The Hall–Kier alpha value is -3.61. The summed E-state index contributed by atoms with van der Waals surface area (Å²) in [5.74, 6) is -2.26. The van der Waals surface area contributed by atoms with Gasteiger partial charge in [0.2, 0.25) is 0 Å². The number of carbonyl (C=O) groups excluding carboxylic acids is 2. The van der Waals surface area contributed by atoms with Crippen LogP contribution in [0.4, 0.5) is 4.39 Å². The normalized spacial score (nSPS) is 14.0. The number of phenols is 1. The first-order valence-electron chi connectivity index (χ1n) is 9.99. The molecule has 1 aliphatic rings. The van der Waals surface area contributed by atoms with E-state index in [1.807, 2.05) is 0 Å². The van der Waals surface area contributed by atoms with Gasteiger partial charge in [0.25, 0.3) is 0 Å². The maximum atomic E-state index is 13.3. The highest BCUT2D eigenvalue weighted by Gasteiger charge is 2.35. The molecule has 7 heteroatoms. The summed E-state index contributed by atoms with van der Waals surface area (Å²) in [5.41, 5.74) is 1.82. The molecule has 0 saturated carbocycles. The first kappa shape index (κ1) is 22.1. The molecular weight excluding hydrogens is 401 g/mol. The van der Waals surface area contributed by atoms with Crippen LogP contribution in [0.1, 0.15) is 30.9 Å². The molecule has 3 rings (SSSR count). The van der Waals surface area contributed by atoms with E-state index in [2.05, 4.69) is 0 Å². The van der Waals surface area contributed by atoms with Crippen molar-refractivity contribution in [3.8, 4) is 5.75 Å². The molecule has 1 heterocycles. The highest BCUT2D eigenvalue weighted by atomic mass is 19.1. The van der Waals surface area contributed by atoms with Crippen molar-refractivity contribution >= 4 is 11.9 Å². The maximum Gasteiger partial charge on any atom is 0.336 e. The van der Waals surface area contributed by atoms with Crippen LogP contribution < -0.4 is 0 Å². The average molecular weight is 425 g/mol. The number of carbonyl (C=O) groups is 2. The lowest BCUT2D eigenvalue weighted by atomic mass is 9.83. The van der Waals surface area contributed by atoms with E-state index in [-0.39, 0.29) is 35.9 Å². The number of phenolic OH excluding ortho intramolecular Hbond substituents is 1. The van der Waals surface area contributed by atoms with Crippen molar-refractivity contribution in [2.75, 3.05) is 13.2 Å². The number of halogens is 1. The molecule has 0 aliphatic carbocycles. The lowest BCUT2D eigenvalue weighted by Crippen LogP contribution is -2.29. The van der Waals surface area contributed by atoms with Crippen LogP contribution in [0.25, 0.3) is 0 Å². The van der Waals surface area contributed by atoms with Gasteiger partial charge in [-0.1, -0.05) is 24.3 Å². The van der Waals surface area contributed by atoms with Crippen LogP contribution in [-0.2, 0) is 25.6 Å². The summed E-state index contributed by atoms with van der Waals surface area (Å²) >= 11 is 0. The smallest absolute Gasteiger partial charge is 0.336 e. The molecule has 1 aliphatic heterocycles. The molecule has 0 amide bonds. The minimum atomic E-state index is -0.769. The fraction of sp³-hybridized carbons (Fsp3) is 0.250. The Balaban J connectivity index is 2.07. The molecule has 6 nitrogen and oxygen atoms in total. The molecule has 0 unspecified atom stereocenters. The van der Waals surface area contributed by atoms with Crippen molar-refractivity contribution in [3.63, 3.8) is 0 Å². The molecule has 0 aromatic heterocycles. The molecule has 0 bridgehead atoms. The number of benzene rings is 2. The van der Waals surface area contributed by atoms with Gasteiger partial charge in [0.15, 0.2) is 0 Å². The van der Waals surface area contributed by atoms with Crippen LogP contribution in [0.15, 0.2) is 72.1 Å². The van der Waals surface area contributed by atoms with Gasteiger partial charge in [-0.15, -0.1) is 0 Å². The van der Waals surface area contributed by atoms with E-state index in [9.17, 15) is 19.1 Å². The van der Waals surface area contributed by atoms with E-state index >= 15 is 0 Å². The predicted octanol–water partition coefficient (Wildman–Crippen LogP) is 4.02. The summed E-state index contributed by atoms with van der Waals surface area (Å²) in [6.45, 7) is 4.03. The summed E-state index contributed by atoms with van der Waals surface area (Å²) < 4.78 is 23.7. The number of nitrogens with zero attached hydrogens (tertiary/aromatic N) is 1. The van der Waals surface area contributed by atoms with Gasteiger partial charge in [0.1, 0.15) is 11.6 Å². The van der Waals surface area contributed by atoms with Gasteiger partial charge in [-0.25, -0.2) is 14.0 Å². The van der Waals surface area contributed by atoms with Crippen LogP contribution in [0, 0.1) is 5.82 Å². The molecule has 0 saturated heterocycles. The Kier molecular flexibility index (Phi) is 7.07. The fourth-order valence-electron chi connectivity index (χ4n) is 3.44. The second kappa shape index (κ2) is 9.93. The van der Waals surface area contributed by atoms with E-state index in [0.29, 0.717) is 12.1 Å². The number of hydrogen-bond donors (Lipinski definition) is 1. The van der Waals surface area contributed by atoms with Crippen LogP contribution >= 0.6 is 0 Å². The zero-order valence-electron chi connectivity index (χ0n) is 17.4. The van der Waals surface area contributed by atoms with Gasteiger partial charge in [-0.3, -0.25) is 0 Å². The largest absolute Gasteiger partial charge is 0.508 e. The lowest BCUT2D eigenvalue weighted by molar-refractivity contribution is -0.139. The predicted molar refractivity (Wildman–Crippen MR) is 112 cm³/mol. The van der Waals surface area contributed by atoms with E-state index in [1.54, 1.807) is 55.4 Å². The van der Waals surface area contributed by atoms with Crippen LogP contribution in [-0.4, -0.2) is 35.2 Å². The molecule has 0 fully saturated rings. The Morgan fingerprint density at radius 3 is 2.06 bits per heavy atom. The zero-order chi connectivity index (χ0) is 22.4. The number of hydrogen-bond acceptors (Lipinski definition) is 6. The lowest BCUT2D eigenvalue weighted by Gasteiger charge is -2.30. The highest BCUT2D eigenvalue weighted by molar-refractivity contribution is 5.98. The third-order valence-electron chi connectivity index (χ3n) is 4.74. The molecule has 2 aromatic carbocycles. The Morgan fingerprint density at radius 1 is 0.968 bits per heavy atom. The Morgan fingerprint density at radius 2 is 1.55 bits per heavy atom. The molecule has 0 radical (unpaired) electrons. The van der Waals surface area contributed by atoms with Gasteiger partial charge in [-0.05, 0) is 49.2 Å². The van der Waals surface area contributed by atoms with Crippen molar-refractivity contribution in [1.82, 2.24) is 4.90 Å². The van der Waals surface area contributed by atoms with Crippen molar-refractivity contribution in [2.24, 2.45) is 0 Å². The minimum absolute atomic E-state index is 0.0117. The van der Waals surface area contributed by atoms with E-state index in [4.69, 9.17) is 9.47 Å². The van der Waals surface area contributed by atoms with E-state index in [0.717, 1.165) is 5.56 Å². The van der Waals surface area contributed by atoms with Crippen LogP contribution in [0.5, 0.6) is 5.75 Å². The molecule has 0 atom stereocenters. The molecular formula is C24H24FNO5. The van der Waals surface area contributed by atoms with Crippen molar-refractivity contribution in [2.45, 2.75) is 26.3 Å². The third kappa shape index (κ3) is 5.31. The SMILES string of the molecule is CCOC(=O)C1=CN(Cc2ccc(F)cc2)C=C(C(=O)OCC)C1c1cccc(O)c1. The summed E-state index contributed by atoms with van der Waals surface area (Å²) in [4.78, 5) is 27.3. The van der Waals surface area contributed by atoms with Crippen molar-refractivity contribution in [3.05, 3.63) is 89.0 Å². The quantitative estimate of drug-likeness (QED) is 0.675. The topological polar surface area (TPSA) is 76.1 Å². The second-order valence-electron chi connectivity index (χ2n) is 6.94. The third-order valence-corrected chi connectivity index (χ3v) is 4.74. The minimum Gasteiger partial charge on any atom is -0.508 e. The summed E-state index contributed by atoms with van der Waals surface area (Å²) in [6, 6.07) is 12.3. The molecule has 31 heavy (non-hydrogen) atoms. The Labute approximate surface area is 180 Å². The zero-order valence-corrected chi connectivity index (χ0v) is 17.4. The summed E-state index contributed by atoms with van der Waals surface area (Å²) in [6.07, 6.45) is 3.22. The van der Waals surface area contributed by atoms with E-state index < -0.39 is 17.9 Å². The second-order valence-corrected chi connectivity index (χ2v) is 6.94. The fourth-order valence-corrected chi connectivity index (χ4v) is 3.44. The van der Waals surface area contributed by atoms with Crippen LogP contribution in [0.3, 0.4) is 0 Å². The Bertz CT molecular complexity index is 977. The number of rotatable bonds is 7. The molecule has 2 aromatic rings. The van der Waals surface area contributed by atoms with Crippen molar-refractivity contribution < 1.29 is 28.6 Å². The number of aromatic hydroxyl groups is 1. The van der Waals surface area contributed by atoms with Crippen LogP contribution in [0.2, 0.25) is 0 Å². The standard InChI is InChI=1S/C24H24FNO5/c1-3-30-23(28)20-14-26(13-16-8-10-18(25)11-9-16)15-21(24(29)31-4-2)22(20)17-6-5-7-19(27)12-17/h5-12,14-15,22,27H,3-4,13H2,1-2H3. The first-order valence-corrected chi connectivity index (χ1v) is 9.99. The first-order chi connectivity index (χ1) is 14.9. The van der Waals surface area contributed by atoms with Gasteiger partial charge >= 0.3 is 11.9 Å². The van der Waals surface area contributed by atoms with Gasteiger partial charge < -0.3 is 19.5 Å². The van der Waals surface area contributed by atoms with Crippen molar-refractivity contribution in [1.29, 1.82) is 0 Å². The monoisotopic (exact) mass is 425 g/mol. The maximum absolute atomic E-state index is 13.3. The number of ether oxygens (including phenoxy) is 2. The van der Waals surface area contributed by atoms with Gasteiger partial charge in [0.05, 0.1) is 30.3 Å². The van der Waals surface area contributed by atoms with Gasteiger partial charge in [-0.2, -0.15) is 0 Å². The molecule has 162 valence electrons. The van der Waals surface area contributed by atoms with Gasteiger partial charge in [0, 0.05) is 18.9 Å². The van der Waals surface area contributed by atoms with E-state index in [1.165, 1.54) is 24.3 Å². The highest BCUT2D eigenvalue weighted by Crippen LogP contribution is 2.38. The average Bonchev–Trinajstić information content (AvgIpc) is 2.75. The molecule has 0 spiro atoms.